The van der Waals surface area contributed by atoms with Crippen LogP contribution in [0.15, 0.2) is 48.5 Å². The van der Waals surface area contributed by atoms with Crippen molar-refractivity contribution < 1.29 is 9.53 Å². The highest BCUT2D eigenvalue weighted by atomic mass is 16.5. The van der Waals surface area contributed by atoms with Crippen LogP contribution < -0.4 is 15.0 Å². The Morgan fingerprint density at radius 1 is 1.04 bits per heavy atom. The first-order chi connectivity index (χ1) is 12.5. The lowest BCUT2D eigenvalue weighted by Crippen LogP contribution is -2.23. The fourth-order valence-corrected chi connectivity index (χ4v) is 3.21. The van der Waals surface area contributed by atoms with Crippen molar-refractivity contribution in [3.63, 3.8) is 0 Å². The molecule has 1 amide bonds. The van der Waals surface area contributed by atoms with E-state index < -0.39 is 0 Å². The van der Waals surface area contributed by atoms with Gasteiger partial charge in [-0.3, -0.25) is 4.79 Å². The van der Waals surface area contributed by atoms with E-state index in [9.17, 15) is 4.79 Å². The number of hydrogen-bond donors (Lipinski definition) is 1. The SMILES string of the molecule is CC(C)Oc1ccc(CNC(C)c2ccc(N3CCCC3=O)cc2)cc1. The molecule has 1 saturated heterocycles. The minimum absolute atomic E-state index is 0.192. The van der Waals surface area contributed by atoms with Gasteiger partial charge in [0.15, 0.2) is 0 Å². The van der Waals surface area contributed by atoms with Crippen molar-refractivity contribution in [3.05, 3.63) is 59.7 Å². The van der Waals surface area contributed by atoms with E-state index in [1.807, 2.05) is 30.9 Å². The van der Waals surface area contributed by atoms with Crippen molar-refractivity contribution in [3.8, 4) is 5.75 Å². The lowest BCUT2D eigenvalue weighted by atomic mass is 10.1. The first kappa shape index (κ1) is 18.5. The van der Waals surface area contributed by atoms with Crippen molar-refractivity contribution in [1.29, 1.82) is 0 Å². The van der Waals surface area contributed by atoms with Crippen LogP contribution in [0.3, 0.4) is 0 Å². The summed E-state index contributed by atoms with van der Waals surface area (Å²) in [5.74, 6) is 1.14. The van der Waals surface area contributed by atoms with Crippen molar-refractivity contribution in [2.75, 3.05) is 11.4 Å². The Balaban J connectivity index is 1.54. The molecule has 4 nitrogen and oxygen atoms in total. The van der Waals surface area contributed by atoms with E-state index in [2.05, 4.69) is 48.6 Å². The standard InChI is InChI=1S/C22H28N2O2/c1-16(2)26-21-12-6-18(7-13-21)15-23-17(3)19-8-10-20(11-9-19)24-14-4-5-22(24)25/h6-13,16-17,23H,4-5,14-15H2,1-3H3. The molecule has 2 aromatic carbocycles. The van der Waals surface area contributed by atoms with Crippen LogP contribution in [0.2, 0.25) is 0 Å². The minimum Gasteiger partial charge on any atom is -0.491 e. The van der Waals surface area contributed by atoms with Crippen LogP contribution in [0.5, 0.6) is 5.75 Å². The van der Waals surface area contributed by atoms with Crippen LogP contribution in [0.4, 0.5) is 5.69 Å². The molecule has 1 N–H and O–H groups in total. The van der Waals surface area contributed by atoms with Crippen LogP contribution in [0.1, 0.15) is 50.8 Å². The molecule has 1 aliphatic rings. The van der Waals surface area contributed by atoms with Gasteiger partial charge in [0.25, 0.3) is 0 Å². The molecule has 4 heteroatoms. The molecule has 1 unspecified atom stereocenters. The normalized spacial score (nSPS) is 15.5. The molecule has 0 bridgehead atoms. The smallest absolute Gasteiger partial charge is 0.227 e. The second-order valence-corrected chi connectivity index (χ2v) is 7.15. The third kappa shape index (κ3) is 4.64. The maximum absolute atomic E-state index is 11.8. The Kier molecular flexibility index (Phi) is 5.94. The van der Waals surface area contributed by atoms with E-state index in [1.165, 1.54) is 11.1 Å². The monoisotopic (exact) mass is 352 g/mol. The summed E-state index contributed by atoms with van der Waals surface area (Å²) in [5.41, 5.74) is 3.46. The molecule has 2 aromatic rings. The summed E-state index contributed by atoms with van der Waals surface area (Å²) in [7, 11) is 0. The van der Waals surface area contributed by atoms with Crippen molar-refractivity contribution >= 4 is 11.6 Å². The average molecular weight is 352 g/mol. The molecular formula is C22H28N2O2. The Hall–Kier alpha value is -2.33. The molecule has 0 aromatic heterocycles. The fraction of sp³-hybridized carbons (Fsp3) is 0.409. The molecule has 0 aliphatic carbocycles. The number of rotatable bonds is 7. The summed E-state index contributed by atoms with van der Waals surface area (Å²) >= 11 is 0. The van der Waals surface area contributed by atoms with Gasteiger partial charge >= 0.3 is 0 Å². The Bertz CT molecular complexity index is 723. The predicted molar refractivity (Wildman–Crippen MR) is 105 cm³/mol. The van der Waals surface area contributed by atoms with E-state index in [4.69, 9.17) is 4.74 Å². The lowest BCUT2D eigenvalue weighted by Gasteiger charge is -2.18. The van der Waals surface area contributed by atoms with Crippen LogP contribution in [0.25, 0.3) is 0 Å². The predicted octanol–water partition coefficient (Wildman–Crippen LogP) is 4.45. The summed E-state index contributed by atoms with van der Waals surface area (Å²) in [6.07, 6.45) is 1.82. The Morgan fingerprint density at radius 2 is 1.73 bits per heavy atom. The van der Waals surface area contributed by atoms with E-state index >= 15 is 0 Å². The number of ether oxygens (including phenoxy) is 1. The third-order valence-corrected chi connectivity index (χ3v) is 4.69. The topological polar surface area (TPSA) is 41.6 Å². The third-order valence-electron chi connectivity index (χ3n) is 4.69. The molecule has 1 fully saturated rings. The maximum atomic E-state index is 11.8. The molecule has 0 spiro atoms. The maximum Gasteiger partial charge on any atom is 0.227 e. The van der Waals surface area contributed by atoms with Gasteiger partial charge in [-0.15, -0.1) is 0 Å². The van der Waals surface area contributed by atoms with E-state index in [0.29, 0.717) is 6.42 Å². The second kappa shape index (κ2) is 8.37. The van der Waals surface area contributed by atoms with Gasteiger partial charge in [0.05, 0.1) is 6.10 Å². The highest BCUT2D eigenvalue weighted by Crippen LogP contribution is 2.23. The molecule has 0 saturated carbocycles. The zero-order valence-corrected chi connectivity index (χ0v) is 15.9. The first-order valence-corrected chi connectivity index (χ1v) is 9.42. The molecule has 1 heterocycles. The largest absolute Gasteiger partial charge is 0.491 e. The number of benzene rings is 2. The van der Waals surface area contributed by atoms with Crippen LogP contribution >= 0.6 is 0 Å². The number of nitrogens with one attached hydrogen (secondary N) is 1. The highest BCUT2D eigenvalue weighted by Gasteiger charge is 2.21. The van der Waals surface area contributed by atoms with E-state index in [0.717, 1.165) is 30.9 Å². The summed E-state index contributed by atoms with van der Waals surface area (Å²) in [4.78, 5) is 13.7. The van der Waals surface area contributed by atoms with Gasteiger partial charge in [0, 0.05) is 31.2 Å². The number of carbonyl (C=O) groups is 1. The number of anilines is 1. The Morgan fingerprint density at radius 3 is 2.31 bits per heavy atom. The molecule has 0 radical (unpaired) electrons. The van der Waals surface area contributed by atoms with Gasteiger partial charge in [-0.05, 0) is 62.6 Å². The van der Waals surface area contributed by atoms with Gasteiger partial charge in [-0.2, -0.15) is 0 Å². The van der Waals surface area contributed by atoms with Crippen molar-refractivity contribution in [2.24, 2.45) is 0 Å². The van der Waals surface area contributed by atoms with E-state index in [1.54, 1.807) is 0 Å². The zero-order valence-electron chi connectivity index (χ0n) is 15.9. The van der Waals surface area contributed by atoms with Gasteiger partial charge < -0.3 is 15.0 Å². The van der Waals surface area contributed by atoms with E-state index in [-0.39, 0.29) is 18.1 Å². The highest BCUT2D eigenvalue weighted by molar-refractivity contribution is 5.95. The van der Waals surface area contributed by atoms with Gasteiger partial charge in [0.2, 0.25) is 5.91 Å². The summed E-state index contributed by atoms with van der Waals surface area (Å²) in [5, 5.41) is 3.55. The number of nitrogens with zero attached hydrogens (tertiary/aromatic N) is 1. The number of carbonyl (C=O) groups excluding carboxylic acids is 1. The first-order valence-electron chi connectivity index (χ1n) is 9.42. The summed E-state index contributed by atoms with van der Waals surface area (Å²) in [6.45, 7) is 7.86. The van der Waals surface area contributed by atoms with Crippen molar-refractivity contribution in [1.82, 2.24) is 5.32 Å². The molecule has 1 atom stereocenters. The van der Waals surface area contributed by atoms with Gasteiger partial charge in [-0.25, -0.2) is 0 Å². The molecule has 1 aliphatic heterocycles. The van der Waals surface area contributed by atoms with Crippen LogP contribution in [0, 0.1) is 0 Å². The Labute approximate surface area is 156 Å². The molecule has 138 valence electrons. The molecule has 26 heavy (non-hydrogen) atoms. The quantitative estimate of drug-likeness (QED) is 0.800. The second-order valence-electron chi connectivity index (χ2n) is 7.15. The number of amides is 1. The van der Waals surface area contributed by atoms with Gasteiger partial charge in [-0.1, -0.05) is 24.3 Å². The lowest BCUT2D eigenvalue weighted by molar-refractivity contribution is -0.117. The van der Waals surface area contributed by atoms with Crippen LogP contribution in [-0.2, 0) is 11.3 Å². The minimum atomic E-state index is 0.192. The summed E-state index contributed by atoms with van der Waals surface area (Å²) < 4.78 is 5.68. The zero-order chi connectivity index (χ0) is 18.5. The average Bonchev–Trinajstić information content (AvgIpc) is 3.06. The summed E-state index contributed by atoms with van der Waals surface area (Å²) in [6, 6.07) is 16.8. The van der Waals surface area contributed by atoms with Crippen LogP contribution in [-0.4, -0.2) is 18.6 Å². The van der Waals surface area contributed by atoms with Gasteiger partial charge in [0.1, 0.15) is 5.75 Å². The fourth-order valence-electron chi connectivity index (χ4n) is 3.21. The number of hydrogen-bond acceptors (Lipinski definition) is 3. The molecule has 3 rings (SSSR count). The van der Waals surface area contributed by atoms with Crippen molar-refractivity contribution in [2.45, 2.75) is 52.3 Å². The molecular weight excluding hydrogens is 324 g/mol.